The Morgan fingerprint density at radius 1 is 1.57 bits per heavy atom. The van der Waals surface area contributed by atoms with Crippen molar-refractivity contribution in [2.24, 2.45) is 0 Å². The Balaban J connectivity index is 2.03. The van der Waals surface area contributed by atoms with Gasteiger partial charge < -0.3 is 10.2 Å². The molecule has 1 aromatic heterocycles. The van der Waals surface area contributed by atoms with E-state index in [4.69, 9.17) is 0 Å². The molecule has 2 nitrogen and oxygen atoms in total. The van der Waals surface area contributed by atoms with Gasteiger partial charge in [-0.1, -0.05) is 0 Å². The first kappa shape index (κ1) is 8.89. The molecule has 1 N–H and O–H groups in total. The summed E-state index contributed by atoms with van der Waals surface area (Å²) >= 11 is 1.93. The van der Waals surface area contributed by atoms with Crippen molar-refractivity contribution < 1.29 is 0 Å². The van der Waals surface area contributed by atoms with Crippen molar-refractivity contribution in [2.45, 2.75) is 18.4 Å². The fraction of sp³-hybridized carbons (Fsp3) is 0.636. The van der Waals surface area contributed by atoms with E-state index in [9.17, 15) is 0 Å². The van der Waals surface area contributed by atoms with Gasteiger partial charge in [0, 0.05) is 24.5 Å². The smallest absolute Gasteiger partial charge is 0.0586 e. The van der Waals surface area contributed by atoms with E-state index in [0.29, 0.717) is 5.54 Å². The number of nitrogens with one attached hydrogen (secondary N) is 1. The highest BCUT2D eigenvalue weighted by Gasteiger charge is 2.41. The maximum Gasteiger partial charge on any atom is 0.0586 e. The van der Waals surface area contributed by atoms with E-state index in [0.717, 1.165) is 6.54 Å². The lowest BCUT2D eigenvalue weighted by atomic mass is 9.86. The Labute approximate surface area is 88.9 Å². The summed E-state index contributed by atoms with van der Waals surface area (Å²) in [4.78, 5) is 4.04. The van der Waals surface area contributed by atoms with Crippen LogP contribution in [0.15, 0.2) is 11.4 Å². The summed E-state index contributed by atoms with van der Waals surface area (Å²) in [6, 6.07) is 2.32. The molecule has 3 heteroatoms. The average molecular weight is 208 g/mol. The lowest BCUT2D eigenvalue weighted by molar-refractivity contribution is 0.306. The number of hydrogen-bond acceptors (Lipinski definition) is 3. The monoisotopic (exact) mass is 208 g/mol. The number of rotatable bonds is 0. The van der Waals surface area contributed by atoms with Crippen LogP contribution in [0.4, 0.5) is 0 Å². The zero-order valence-corrected chi connectivity index (χ0v) is 9.36. The van der Waals surface area contributed by atoms with E-state index in [1.807, 2.05) is 11.3 Å². The lowest BCUT2D eigenvalue weighted by Gasteiger charge is -2.35. The fourth-order valence-corrected chi connectivity index (χ4v) is 3.81. The summed E-state index contributed by atoms with van der Waals surface area (Å²) in [7, 11) is 2.22. The number of fused-ring (bicyclic) bond motifs is 2. The minimum atomic E-state index is 0.294. The van der Waals surface area contributed by atoms with Gasteiger partial charge in [0.25, 0.3) is 0 Å². The first-order valence-corrected chi connectivity index (χ1v) is 6.19. The molecule has 76 valence electrons. The highest BCUT2D eigenvalue weighted by Crippen LogP contribution is 2.38. The third-order valence-corrected chi connectivity index (χ3v) is 4.52. The molecule has 1 saturated heterocycles. The minimum absolute atomic E-state index is 0.294. The summed E-state index contributed by atoms with van der Waals surface area (Å²) in [5.74, 6) is 0. The van der Waals surface area contributed by atoms with Crippen LogP contribution in [0.2, 0.25) is 0 Å². The molecular weight excluding hydrogens is 192 g/mol. The van der Waals surface area contributed by atoms with Gasteiger partial charge in [-0.3, -0.25) is 0 Å². The van der Waals surface area contributed by atoms with Crippen LogP contribution in [0, 0.1) is 0 Å². The molecule has 1 fully saturated rings. The Morgan fingerprint density at radius 3 is 3.29 bits per heavy atom. The zero-order chi connectivity index (χ0) is 9.60. The normalized spacial score (nSPS) is 32.4. The summed E-state index contributed by atoms with van der Waals surface area (Å²) in [6.07, 6.45) is 2.49. The number of hydrogen-bond donors (Lipinski definition) is 1. The third kappa shape index (κ3) is 1.16. The second-order valence-corrected chi connectivity index (χ2v) is 5.50. The standard InChI is InChI=1S/C11H16N2S/c1-13-6-4-11(8-13)9-3-7-14-10(9)2-5-12-11/h3,7,12H,2,4-6,8H2,1H3. The number of likely N-dealkylation sites (N-methyl/N-ethyl adjacent to an activating group) is 1. The molecule has 1 unspecified atom stereocenters. The molecule has 2 aliphatic rings. The van der Waals surface area contributed by atoms with Gasteiger partial charge in [-0.15, -0.1) is 11.3 Å². The van der Waals surface area contributed by atoms with Gasteiger partial charge >= 0.3 is 0 Å². The van der Waals surface area contributed by atoms with Crippen LogP contribution in [0.25, 0.3) is 0 Å². The molecule has 3 rings (SSSR count). The zero-order valence-electron chi connectivity index (χ0n) is 8.55. The van der Waals surface area contributed by atoms with Gasteiger partial charge in [0.05, 0.1) is 5.54 Å². The predicted octanol–water partition coefficient (Wildman–Crippen LogP) is 1.42. The molecule has 1 spiro atoms. The Kier molecular flexibility index (Phi) is 1.94. The molecule has 2 aliphatic heterocycles. The highest BCUT2D eigenvalue weighted by molar-refractivity contribution is 7.10. The van der Waals surface area contributed by atoms with Crippen molar-refractivity contribution in [3.05, 3.63) is 21.9 Å². The molecule has 1 aromatic rings. The molecule has 0 radical (unpaired) electrons. The summed E-state index contributed by atoms with van der Waals surface area (Å²) in [5, 5.41) is 5.98. The molecule has 0 amide bonds. The van der Waals surface area contributed by atoms with Gasteiger partial charge in [0.1, 0.15) is 0 Å². The Morgan fingerprint density at radius 2 is 2.50 bits per heavy atom. The second-order valence-electron chi connectivity index (χ2n) is 4.50. The minimum Gasteiger partial charge on any atom is -0.306 e. The van der Waals surface area contributed by atoms with Gasteiger partial charge in [0.2, 0.25) is 0 Å². The van der Waals surface area contributed by atoms with Crippen molar-refractivity contribution in [2.75, 3.05) is 26.7 Å². The van der Waals surface area contributed by atoms with E-state index in [-0.39, 0.29) is 0 Å². The molecule has 14 heavy (non-hydrogen) atoms. The van der Waals surface area contributed by atoms with Crippen molar-refractivity contribution >= 4 is 11.3 Å². The lowest BCUT2D eigenvalue weighted by Crippen LogP contribution is -2.48. The van der Waals surface area contributed by atoms with Crippen molar-refractivity contribution in [3.63, 3.8) is 0 Å². The van der Waals surface area contributed by atoms with E-state index >= 15 is 0 Å². The number of likely N-dealkylation sites (tertiary alicyclic amines) is 1. The van der Waals surface area contributed by atoms with Crippen LogP contribution in [-0.2, 0) is 12.0 Å². The molecule has 0 saturated carbocycles. The SMILES string of the molecule is CN1CCC2(C1)NCCc1sccc12. The van der Waals surface area contributed by atoms with Crippen molar-refractivity contribution in [3.8, 4) is 0 Å². The number of nitrogens with zero attached hydrogens (tertiary/aromatic N) is 1. The van der Waals surface area contributed by atoms with Crippen LogP contribution in [0.3, 0.4) is 0 Å². The van der Waals surface area contributed by atoms with Gasteiger partial charge in [0.15, 0.2) is 0 Å². The molecule has 1 atom stereocenters. The van der Waals surface area contributed by atoms with Crippen LogP contribution in [0.1, 0.15) is 16.9 Å². The topological polar surface area (TPSA) is 15.3 Å². The summed E-state index contributed by atoms with van der Waals surface area (Å²) < 4.78 is 0. The van der Waals surface area contributed by atoms with Gasteiger partial charge in [-0.25, -0.2) is 0 Å². The van der Waals surface area contributed by atoms with Gasteiger partial charge in [-0.2, -0.15) is 0 Å². The van der Waals surface area contributed by atoms with Crippen molar-refractivity contribution in [1.82, 2.24) is 10.2 Å². The quantitative estimate of drug-likeness (QED) is 0.694. The van der Waals surface area contributed by atoms with E-state index < -0.39 is 0 Å². The van der Waals surface area contributed by atoms with Gasteiger partial charge in [-0.05, 0) is 36.9 Å². The first-order chi connectivity index (χ1) is 6.80. The van der Waals surface area contributed by atoms with E-state index in [1.54, 1.807) is 10.4 Å². The fourth-order valence-electron chi connectivity index (χ4n) is 2.84. The molecule has 0 bridgehead atoms. The molecular formula is C11H16N2S. The maximum atomic E-state index is 3.73. The van der Waals surface area contributed by atoms with E-state index in [1.165, 1.54) is 25.9 Å². The number of thiophene rings is 1. The maximum absolute atomic E-state index is 3.73. The Bertz CT molecular complexity index is 347. The molecule has 0 aromatic carbocycles. The third-order valence-electron chi connectivity index (χ3n) is 3.54. The van der Waals surface area contributed by atoms with Crippen LogP contribution in [0.5, 0.6) is 0 Å². The largest absolute Gasteiger partial charge is 0.306 e. The second kappa shape index (κ2) is 3.05. The predicted molar refractivity (Wildman–Crippen MR) is 59.8 cm³/mol. The Hall–Kier alpha value is -0.380. The first-order valence-electron chi connectivity index (χ1n) is 5.31. The molecule has 3 heterocycles. The highest BCUT2D eigenvalue weighted by atomic mass is 32.1. The van der Waals surface area contributed by atoms with Crippen LogP contribution in [-0.4, -0.2) is 31.6 Å². The summed E-state index contributed by atoms with van der Waals surface area (Å²) in [6.45, 7) is 3.56. The summed E-state index contributed by atoms with van der Waals surface area (Å²) in [5.41, 5.74) is 1.88. The van der Waals surface area contributed by atoms with E-state index in [2.05, 4.69) is 28.7 Å². The van der Waals surface area contributed by atoms with Crippen LogP contribution >= 0.6 is 11.3 Å². The van der Waals surface area contributed by atoms with Crippen LogP contribution < -0.4 is 5.32 Å². The average Bonchev–Trinajstić information content (AvgIpc) is 2.75. The molecule has 0 aliphatic carbocycles. The van der Waals surface area contributed by atoms with Crippen molar-refractivity contribution in [1.29, 1.82) is 0 Å².